The number of methoxy groups -OCH3 is 1. The van der Waals surface area contributed by atoms with Crippen LogP contribution in [-0.4, -0.2) is 50.0 Å². The third-order valence-corrected chi connectivity index (χ3v) is 7.55. The number of aromatic nitrogens is 2. The van der Waals surface area contributed by atoms with Gasteiger partial charge in [0.15, 0.2) is 0 Å². The third-order valence-electron chi connectivity index (χ3n) is 6.95. The van der Waals surface area contributed by atoms with Gasteiger partial charge >= 0.3 is 5.97 Å². The Morgan fingerprint density at radius 3 is 2.32 bits per heavy atom. The molecule has 0 atom stereocenters. The molecule has 1 aromatic carbocycles. The predicted molar refractivity (Wildman–Crippen MR) is 178 cm³/mol. The SMILES string of the molecule is C=C(CCOc1ccc(C2(O)CCN(c3cc(C(=O)OC)ccn3)CC2)c(Cl)c1)c1c(C)c[n+](OC)cc1Cl.CC.CCC. The number of nitrogens with zero attached hydrogens (tertiary/aromatic N) is 3. The molecular formula is C34H46Cl2N3O5+. The second-order valence-electron chi connectivity index (χ2n) is 10.2. The van der Waals surface area contributed by atoms with Crippen molar-refractivity contribution in [2.24, 2.45) is 0 Å². The Kier molecular flexibility index (Phi) is 14.9. The van der Waals surface area contributed by atoms with Crippen molar-refractivity contribution in [1.29, 1.82) is 0 Å². The van der Waals surface area contributed by atoms with Crippen LogP contribution in [0.3, 0.4) is 0 Å². The highest BCUT2D eigenvalue weighted by Crippen LogP contribution is 2.39. The molecule has 0 amide bonds. The highest BCUT2D eigenvalue weighted by atomic mass is 35.5. The molecule has 0 saturated carbocycles. The summed E-state index contributed by atoms with van der Waals surface area (Å²) in [6.07, 6.45) is 7.85. The molecule has 240 valence electrons. The first kappa shape index (κ1) is 36.9. The van der Waals surface area contributed by atoms with Gasteiger partial charge in [-0.05, 0) is 49.6 Å². The summed E-state index contributed by atoms with van der Waals surface area (Å²) >= 11 is 13.0. The van der Waals surface area contributed by atoms with E-state index in [1.165, 1.54) is 13.5 Å². The normalized spacial score (nSPS) is 13.5. The van der Waals surface area contributed by atoms with Gasteiger partial charge < -0.3 is 19.5 Å². The summed E-state index contributed by atoms with van der Waals surface area (Å²) < 4.78 is 12.3. The first-order chi connectivity index (χ1) is 21.1. The second-order valence-corrected chi connectivity index (χ2v) is 11.0. The molecule has 2 aromatic heterocycles. The number of halogens is 2. The lowest BCUT2D eigenvalue weighted by molar-refractivity contribution is -0.885. The van der Waals surface area contributed by atoms with Gasteiger partial charge in [-0.15, -0.1) is 0 Å². The van der Waals surface area contributed by atoms with E-state index in [-0.39, 0.29) is 0 Å². The van der Waals surface area contributed by atoms with Crippen LogP contribution in [0.4, 0.5) is 5.82 Å². The number of anilines is 1. The lowest BCUT2D eigenvalue weighted by atomic mass is 9.84. The first-order valence-electron chi connectivity index (χ1n) is 14.9. The number of aryl methyl sites for hydroxylation is 1. The zero-order valence-corrected chi connectivity index (χ0v) is 28.5. The van der Waals surface area contributed by atoms with Gasteiger partial charge in [-0.2, -0.15) is 0 Å². The van der Waals surface area contributed by atoms with E-state index in [0.717, 1.165) is 16.7 Å². The molecule has 8 nitrogen and oxygen atoms in total. The molecule has 1 aliphatic rings. The van der Waals surface area contributed by atoms with Crippen LogP contribution in [0.1, 0.15) is 80.4 Å². The molecule has 0 aliphatic carbocycles. The van der Waals surface area contributed by atoms with Crippen LogP contribution in [0.25, 0.3) is 5.57 Å². The lowest BCUT2D eigenvalue weighted by Gasteiger charge is -2.39. The van der Waals surface area contributed by atoms with E-state index in [2.05, 4.69) is 25.4 Å². The minimum Gasteiger partial charge on any atom is -0.493 e. The quantitative estimate of drug-likeness (QED) is 0.194. The number of rotatable bonds is 9. The summed E-state index contributed by atoms with van der Waals surface area (Å²) in [5.74, 6) is 0.861. The van der Waals surface area contributed by atoms with Crippen LogP contribution >= 0.6 is 23.2 Å². The van der Waals surface area contributed by atoms with Crippen molar-refractivity contribution in [3.63, 3.8) is 0 Å². The summed E-state index contributed by atoms with van der Waals surface area (Å²) in [5, 5.41) is 12.4. The topological polar surface area (TPSA) is 85.0 Å². The first-order valence-corrected chi connectivity index (χ1v) is 15.7. The average molecular weight is 648 g/mol. The number of carbonyl (C=O) groups is 1. The Morgan fingerprint density at radius 1 is 1.09 bits per heavy atom. The second kappa shape index (κ2) is 17.8. The summed E-state index contributed by atoms with van der Waals surface area (Å²) in [6.45, 7) is 15.9. The van der Waals surface area contributed by atoms with E-state index >= 15 is 0 Å². The van der Waals surface area contributed by atoms with Gasteiger partial charge in [-0.3, -0.25) is 4.84 Å². The van der Waals surface area contributed by atoms with Crippen LogP contribution < -0.4 is 19.2 Å². The highest BCUT2D eigenvalue weighted by molar-refractivity contribution is 6.32. The zero-order chi connectivity index (χ0) is 32.9. The Bertz CT molecular complexity index is 1370. The van der Waals surface area contributed by atoms with Crippen LogP contribution in [0.15, 0.2) is 55.5 Å². The summed E-state index contributed by atoms with van der Waals surface area (Å²) in [6, 6.07) is 8.68. The fourth-order valence-corrected chi connectivity index (χ4v) is 5.53. The zero-order valence-electron chi connectivity index (χ0n) is 27.0. The molecule has 1 aliphatic heterocycles. The van der Waals surface area contributed by atoms with Gasteiger partial charge in [0.25, 0.3) is 0 Å². The summed E-state index contributed by atoms with van der Waals surface area (Å²) in [7, 11) is 2.92. The maximum absolute atomic E-state index is 11.9. The molecule has 1 N–H and O–H groups in total. The molecule has 4 rings (SSSR count). The van der Waals surface area contributed by atoms with Crippen molar-refractivity contribution >= 4 is 40.6 Å². The number of pyridine rings is 2. The fourth-order valence-electron chi connectivity index (χ4n) is 4.80. The largest absolute Gasteiger partial charge is 0.493 e. The summed E-state index contributed by atoms with van der Waals surface area (Å²) in [5.41, 5.74) is 2.70. The number of carbonyl (C=O) groups excluding carboxylic acids is 1. The minimum atomic E-state index is -1.08. The summed E-state index contributed by atoms with van der Waals surface area (Å²) in [4.78, 5) is 23.5. The molecule has 0 radical (unpaired) electrons. The molecular weight excluding hydrogens is 601 g/mol. The standard InChI is InChI=1S/C29H32Cl2N3O5.C3H8.C2H6/c1-19(27-20(2)17-34(38-4)18-25(27)31)8-14-39-22-5-6-23(24(30)16-22)29(36)9-12-33(13-10-29)26-15-21(7-11-32-26)28(35)37-3;1-3-2;1-2/h5-7,11,15-18,36H,1,8-10,12-14H2,2-4H3;3H2,1-2H3;1-2H3/q+1;;. The molecule has 1 fully saturated rings. The van der Waals surface area contributed by atoms with E-state index in [1.54, 1.807) is 42.4 Å². The predicted octanol–water partition coefficient (Wildman–Crippen LogP) is 7.24. The monoisotopic (exact) mass is 646 g/mol. The van der Waals surface area contributed by atoms with Gasteiger partial charge in [0.1, 0.15) is 23.7 Å². The smallest absolute Gasteiger partial charge is 0.338 e. The van der Waals surface area contributed by atoms with E-state index in [1.807, 2.05) is 44.0 Å². The van der Waals surface area contributed by atoms with Crippen molar-refractivity contribution in [2.75, 3.05) is 38.8 Å². The average Bonchev–Trinajstić information content (AvgIpc) is 3.02. The van der Waals surface area contributed by atoms with Crippen LogP contribution in [0, 0.1) is 6.92 Å². The molecule has 0 bridgehead atoms. The van der Waals surface area contributed by atoms with Gasteiger partial charge in [0.2, 0.25) is 12.4 Å². The molecule has 3 aromatic rings. The Morgan fingerprint density at radius 2 is 1.75 bits per heavy atom. The fraction of sp³-hybridized carbons (Fsp3) is 0.441. The molecule has 0 unspecified atom stereocenters. The molecule has 0 spiro atoms. The molecule has 44 heavy (non-hydrogen) atoms. The number of piperidine rings is 1. The van der Waals surface area contributed by atoms with Crippen molar-refractivity contribution in [3.8, 4) is 5.75 Å². The van der Waals surface area contributed by atoms with E-state index in [0.29, 0.717) is 71.7 Å². The third kappa shape index (κ3) is 9.58. The number of hydrogen-bond donors (Lipinski definition) is 1. The lowest BCUT2D eigenvalue weighted by Crippen LogP contribution is -2.43. The minimum absolute atomic E-state index is 0.389. The van der Waals surface area contributed by atoms with Gasteiger partial charge in [0.05, 0.1) is 29.9 Å². The van der Waals surface area contributed by atoms with E-state index < -0.39 is 11.6 Å². The van der Waals surface area contributed by atoms with Gasteiger partial charge in [-0.25, -0.2) is 9.78 Å². The van der Waals surface area contributed by atoms with Crippen LogP contribution in [0.2, 0.25) is 10.0 Å². The van der Waals surface area contributed by atoms with Crippen LogP contribution in [0.5, 0.6) is 5.75 Å². The number of ether oxygens (including phenoxy) is 2. The maximum atomic E-state index is 11.9. The van der Waals surface area contributed by atoms with Gasteiger partial charge in [-0.1, -0.05) is 70.0 Å². The maximum Gasteiger partial charge on any atom is 0.338 e. The number of hydrogen-bond acceptors (Lipinski definition) is 7. The Hall–Kier alpha value is -3.33. The number of esters is 1. The van der Waals surface area contributed by atoms with Crippen molar-refractivity contribution < 1.29 is 28.9 Å². The Balaban J connectivity index is 0.00000127. The van der Waals surface area contributed by atoms with Gasteiger partial charge in [0, 0.05) is 47.1 Å². The molecule has 10 heteroatoms. The highest BCUT2D eigenvalue weighted by Gasteiger charge is 2.36. The number of benzene rings is 1. The van der Waals surface area contributed by atoms with Crippen LogP contribution in [-0.2, 0) is 10.3 Å². The van der Waals surface area contributed by atoms with E-state index in [9.17, 15) is 9.90 Å². The molecule has 1 saturated heterocycles. The number of aliphatic hydroxyl groups is 1. The van der Waals surface area contributed by atoms with Crippen molar-refractivity contribution in [1.82, 2.24) is 4.98 Å². The van der Waals surface area contributed by atoms with E-state index in [4.69, 9.17) is 37.5 Å². The molecule has 3 heterocycles. The van der Waals surface area contributed by atoms with Crippen molar-refractivity contribution in [2.45, 2.75) is 65.9 Å². The Labute approximate surface area is 272 Å². The van der Waals surface area contributed by atoms with Crippen molar-refractivity contribution in [3.05, 3.63) is 87.8 Å².